The van der Waals surface area contributed by atoms with Gasteiger partial charge in [-0.25, -0.2) is 4.98 Å². The number of rotatable bonds is 4. The molecule has 0 amide bonds. The van der Waals surface area contributed by atoms with E-state index >= 15 is 0 Å². The van der Waals surface area contributed by atoms with E-state index in [1.54, 1.807) is 6.07 Å². The second-order valence-electron chi connectivity index (χ2n) is 7.47. The third kappa shape index (κ3) is 4.50. The fourth-order valence-corrected chi connectivity index (χ4v) is 3.84. The van der Waals surface area contributed by atoms with Crippen molar-refractivity contribution in [3.63, 3.8) is 0 Å². The maximum Gasteiger partial charge on any atom is 0.226 e. The summed E-state index contributed by atoms with van der Waals surface area (Å²) in [7, 11) is 0. The van der Waals surface area contributed by atoms with E-state index in [1.807, 2.05) is 72.8 Å². The van der Waals surface area contributed by atoms with Gasteiger partial charge in [0.15, 0.2) is 11.6 Å². The van der Waals surface area contributed by atoms with Crippen LogP contribution in [0.3, 0.4) is 0 Å². The van der Waals surface area contributed by atoms with Crippen molar-refractivity contribution in [3.05, 3.63) is 114 Å². The van der Waals surface area contributed by atoms with E-state index in [0.29, 0.717) is 17.2 Å². The van der Waals surface area contributed by atoms with Crippen LogP contribution in [-0.4, -0.2) is 15.0 Å². The fraction of sp³-hybridized carbons (Fsp3) is 0. The minimum atomic E-state index is 0.136. The van der Waals surface area contributed by atoms with Gasteiger partial charge in [-0.2, -0.15) is 15.2 Å². The zero-order chi connectivity index (χ0) is 22.6. The quantitative estimate of drug-likeness (QED) is 0.297. The van der Waals surface area contributed by atoms with Crippen molar-refractivity contribution in [3.8, 4) is 51.1 Å². The van der Waals surface area contributed by atoms with E-state index in [1.165, 1.54) is 0 Å². The number of aromatic nitrogens is 3. The van der Waals surface area contributed by atoms with Gasteiger partial charge in [-0.3, -0.25) is 0 Å². The summed E-state index contributed by atoms with van der Waals surface area (Å²) in [4.78, 5) is 13.5. The van der Waals surface area contributed by atoms with Gasteiger partial charge in [0.2, 0.25) is 5.28 Å². The Morgan fingerprint density at radius 3 is 1.61 bits per heavy atom. The Morgan fingerprint density at radius 2 is 1.00 bits per heavy atom. The lowest BCUT2D eigenvalue weighted by atomic mass is 10.0. The first kappa shape index (κ1) is 20.6. The summed E-state index contributed by atoms with van der Waals surface area (Å²) >= 11 is 6.30. The van der Waals surface area contributed by atoms with Crippen molar-refractivity contribution in [2.45, 2.75) is 0 Å². The molecular formula is C28H17ClN4. The second kappa shape index (κ2) is 9.04. The predicted octanol–water partition coefficient (Wildman–Crippen LogP) is 7.06. The van der Waals surface area contributed by atoms with Crippen LogP contribution in [0.15, 0.2) is 103 Å². The maximum absolute atomic E-state index is 9.21. The molecule has 0 unspecified atom stereocenters. The van der Waals surface area contributed by atoms with Crippen molar-refractivity contribution in [2.75, 3.05) is 0 Å². The molecule has 5 rings (SSSR count). The second-order valence-corrected chi connectivity index (χ2v) is 7.81. The molecule has 0 aliphatic carbocycles. The monoisotopic (exact) mass is 444 g/mol. The van der Waals surface area contributed by atoms with Crippen LogP contribution in [0.25, 0.3) is 45.0 Å². The van der Waals surface area contributed by atoms with Gasteiger partial charge >= 0.3 is 0 Å². The number of nitrogens with zero attached hydrogens (tertiary/aromatic N) is 4. The number of benzene rings is 4. The molecular weight excluding hydrogens is 428 g/mol. The van der Waals surface area contributed by atoms with Gasteiger partial charge < -0.3 is 0 Å². The smallest absolute Gasteiger partial charge is 0.208 e. The summed E-state index contributed by atoms with van der Waals surface area (Å²) in [6.45, 7) is 0. The Hall–Kier alpha value is -4.33. The summed E-state index contributed by atoms with van der Waals surface area (Å²) in [5, 5.41) is 9.35. The SMILES string of the molecule is N#Cc1cccc(-c2cccc(-c3nc(Cl)nc(-c4cccc(-c5ccccc5)c4)n3)c2)c1. The van der Waals surface area contributed by atoms with Gasteiger partial charge in [0.05, 0.1) is 11.6 Å². The molecule has 0 bridgehead atoms. The first-order chi connectivity index (χ1) is 16.2. The minimum absolute atomic E-state index is 0.136. The molecule has 5 heteroatoms. The first-order valence-corrected chi connectivity index (χ1v) is 10.8. The summed E-state index contributed by atoms with van der Waals surface area (Å²) in [5.74, 6) is 1.01. The van der Waals surface area contributed by atoms with E-state index in [2.05, 4.69) is 40.3 Å². The van der Waals surface area contributed by atoms with Crippen LogP contribution in [-0.2, 0) is 0 Å². The van der Waals surface area contributed by atoms with Gasteiger partial charge in [-0.05, 0) is 58.1 Å². The average molecular weight is 445 g/mol. The molecule has 4 aromatic carbocycles. The Labute approximate surface area is 196 Å². The van der Waals surface area contributed by atoms with E-state index < -0.39 is 0 Å². The van der Waals surface area contributed by atoms with Crippen LogP contribution >= 0.6 is 11.6 Å². The summed E-state index contributed by atoms with van der Waals surface area (Å²) < 4.78 is 0. The molecule has 0 aliphatic heterocycles. The highest BCUT2D eigenvalue weighted by Crippen LogP contribution is 2.29. The summed E-state index contributed by atoms with van der Waals surface area (Å²) in [6, 6.07) is 35.8. The third-order valence-corrected chi connectivity index (χ3v) is 5.45. The lowest BCUT2D eigenvalue weighted by Gasteiger charge is -2.08. The van der Waals surface area contributed by atoms with Crippen LogP contribution in [0.1, 0.15) is 5.56 Å². The molecule has 0 N–H and O–H groups in total. The Bertz CT molecular complexity index is 1490. The molecule has 1 aromatic heterocycles. The highest BCUT2D eigenvalue weighted by Gasteiger charge is 2.11. The highest BCUT2D eigenvalue weighted by atomic mass is 35.5. The van der Waals surface area contributed by atoms with Crippen LogP contribution in [0.5, 0.6) is 0 Å². The lowest BCUT2D eigenvalue weighted by molar-refractivity contribution is 1.07. The molecule has 0 atom stereocenters. The van der Waals surface area contributed by atoms with Gasteiger partial charge in [-0.1, -0.05) is 78.9 Å². The van der Waals surface area contributed by atoms with E-state index in [4.69, 9.17) is 16.6 Å². The molecule has 156 valence electrons. The van der Waals surface area contributed by atoms with Crippen LogP contribution < -0.4 is 0 Å². The summed E-state index contributed by atoms with van der Waals surface area (Å²) in [5.41, 5.74) is 6.40. The fourth-order valence-electron chi connectivity index (χ4n) is 3.68. The normalized spacial score (nSPS) is 10.5. The zero-order valence-electron chi connectivity index (χ0n) is 17.5. The van der Waals surface area contributed by atoms with Gasteiger partial charge in [0.25, 0.3) is 0 Å². The number of hydrogen-bond acceptors (Lipinski definition) is 4. The first-order valence-electron chi connectivity index (χ1n) is 10.4. The van der Waals surface area contributed by atoms with Crippen LogP contribution in [0, 0.1) is 11.3 Å². The number of halogens is 1. The topological polar surface area (TPSA) is 62.5 Å². The molecule has 4 nitrogen and oxygen atoms in total. The molecule has 33 heavy (non-hydrogen) atoms. The lowest BCUT2D eigenvalue weighted by Crippen LogP contribution is -1.97. The maximum atomic E-state index is 9.21. The molecule has 0 aliphatic rings. The molecule has 5 aromatic rings. The largest absolute Gasteiger partial charge is 0.226 e. The standard InChI is InChI=1S/C28H17ClN4/c29-28-32-26(24-13-5-11-22(16-24)20-8-2-1-3-9-20)31-27(33-28)25-14-6-12-23(17-25)21-10-4-7-19(15-21)18-30/h1-17H. The average Bonchev–Trinajstić information content (AvgIpc) is 2.89. The van der Waals surface area contributed by atoms with Crippen molar-refractivity contribution in [2.24, 2.45) is 0 Å². The summed E-state index contributed by atoms with van der Waals surface area (Å²) in [6.07, 6.45) is 0. The molecule has 1 heterocycles. The third-order valence-electron chi connectivity index (χ3n) is 5.28. The molecule has 0 spiro atoms. The van der Waals surface area contributed by atoms with E-state index in [0.717, 1.165) is 33.4 Å². The van der Waals surface area contributed by atoms with Crippen molar-refractivity contribution in [1.82, 2.24) is 15.0 Å². The molecule has 0 fully saturated rings. The van der Waals surface area contributed by atoms with Crippen molar-refractivity contribution < 1.29 is 0 Å². The highest BCUT2D eigenvalue weighted by molar-refractivity contribution is 6.28. The molecule has 0 radical (unpaired) electrons. The van der Waals surface area contributed by atoms with Crippen LogP contribution in [0.2, 0.25) is 5.28 Å². The van der Waals surface area contributed by atoms with Crippen LogP contribution in [0.4, 0.5) is 0 Å². The minimum Gasteiger partial charge on any atom is -0.208 e. The van der Waals surface area contributed by atoms with Gasteiger partial charge in [0.1, 0.15) is 0 Å². The van der Waals surface area contributed by atoms with Crippen molar-refractivity contribution in [1.29, 1.82) is 5.26 Å². The number of nitriles is 1. The Morgan fingerprint density at radius 1 is 0.515 bits per heavy atom. The van der Waals surface area contributed by atoms with Gasteiger partial charge in [-0.15, -0.1) is 0 Å². The predicted molar refractivity (Wildman–Crippen MR) is 131 cm³/mol. The van der Waals surface area contributed by atoms with E-state index in [-0.39, 0.29) is 5.28 Å². The zero-order valence-corrected chi connectivity index (χ0v) is 18.2. The Balaban J connectivity index is 1.55. The molecule has 0 saturated heterocycles. The number of hydrogen-bond donors (Lipinski definition) is 0. The Kier molecular flexibility index (Phi) is 5.63. The van der Waals surface area contributed by atoms with Crippen molar-refractivity contribution >= 4 is 11.6 Å². The molecule has 0 saturated carbocycles. The van der Waals surface area contributed by atoms with Gasteiger partial charge in [0, 0.05) is 11.1 Å². The van der Waals surface area contributed by atoms with E-state index in [9.17, 15) is 5.26 Å².